The molecule has 0 saturated carbocycles. The van der Waals surface area contributed by atoms with Gasteiger partial charge in [-0.15, -0.1) is 0 Å². The second kappa shape index (κ2) is 5.94. The fraction of sp³-hybridized carbons (Fsp3) is 0.400. The maximum atomic E-state index is 13.3. The second-order valence-electron chi connectivity index (χ2n) is 5.00. The van der Waals surface area contributed by atoms with E-state index in [-0.39, 0.29) is 11.9 Å². The summed E-state index contributed by atoms with van der Waals surface area (Å²) < 4.78 is 15.0. The Morgan fingerprint density at radius 2 is 2.20 bits per heavy atom. The molecule has 2 aromatic rings. The minimum atomic E-state index is -0.235. The van der Waals surface area contributed by atoms with E-state index in [4.69, 9.17) is 5.73 Å². The lowest BCUT2D eigenvalue weighted by Crippen LogP contribution is -2.11. The Balaban J connectivity index is 2.21. The van der Waals surface area contributed by atoms with Gasteiger partial charge >= 0.3 is 0 Å². The quantitative estimate of drug-likeness (QED) is 0.881. The van der Waals surface area contributed by atoms with Gasteiger partial charge in [-0.2, -0.15) is 5.10 Å². The van der Waals surface area contributed by atoms with Gasteiger partial charge in [0.05, 0.1) is 17.4 Å². The summed E-state index contributed by atoms with van der Waals surface area (Å²) in [6.07, 6.45) is 1.86. The van der Waals surface area contributed by atoms with E-state index >= 15 is 0 Å². The van der Waals surface area contributed by atoms with Crippen LogP contribution in [0.5, 0.6) is 0 Å². The van der Waals surface area contributed by atoms with Crippen LogP contribution in [0.25, 0.3) is 0 Å². The molecule has 1 aromatic heterocycles. The number of halogens is 1. The molecule has 0 aliphatic heterocycles. The molecule has 0 aliphatic rings. The molecule has 0 spiro atoms. The number of benzene rings is 1. The maximum Gasteiger partial charge on any atom is 0.148 e. The lowest BCUT2D eigenvalue weighted by Gasteiger charge is -2.16. The van der Waals surface area contributed by atoms with Crippen molar-refractivity contribution >= 4 is 11.5 Å². The molecule has 0 fully saturated rings. The molecule has 3 N–H and O–H groups in total. The number of hydrogen-bond acceptors (Lipinski definition) is 3. The van der Waals surface area contributed by atoms with Gasteiger partial charge < -0.3 is 11.1 Å². The van der Waals surface area contributed by atoms with E-state index in [2.05, 4.69) is 17.3 Å². The van der Waals surface area contributed by atoms with E-state index in [1.807, 2.05) is 20.0 Å². The molecule has 108 valence electrons. The fourth-order valence-electron chi connectivity index (χ4n) is 2.25. The number of anilines is 2. The zero-order chi connectivity index (χ0) is 14.7. The van der Waals surface area contributed by atoms with Gasteiger partial charge in [0, 0.05) is 7.05 Å². The monoisotopic (exact) mass is 276 g/mol. The van der Waals surface area contributed by atoms with Crippen LogP contribution >= 0.6 is 0 Å². The summed E-state index contributed by atoms with van der Waals surface area (Å²) in [4.78, 5) is 0. The highest BCUT2D eigenvalue weighted by atomic mass is 19.1. The minimum absolute atomic E-state index is 0.0436. The topological polar surface area (TPSA) is 55.9 Å². The molecule has 1 unspecified atom stereocenters. The van der Waals surface area contributed by atoms with E-state index in [1.165, 1.54) is 12.1 Å². The van der Waals surface area contributed by atoms with Crippen molar-refractivity contribution in [3.63, 3.8) is 0 Å². The first-order chi connectivity index (χ1) is 9.52. The van der Waals surface area contributed by atoms with Crippen molar-refractivity contribution < 1.29 is 4.39 Å². The molecule has 20 heavy (non-hydrogen) atoms. The third-order valence-electron chi connectivity index (χ3n) is 3.35. The summed E-state index contributed by atoms with van der Waals surface area (Å²) in [6.45, 7) is 4.07. The minimum Gasteiger partial charge on any atom is -0.394 e. The van der Waals surface area contributed by atoms with Crippen molar-refractivity contribution in [3.8, 4) is 0 Å². The number of hydrogen-bond donors (Lipinski definition) is 2. The van der Waals surface area contributed by atoms with Crippen molar-refractivity contribution in [2.24, 2.45) is 7.05 Å². The van der Waals surface area contributed by atoms with Gasteiger partial charge in [-0.25, -0.2) is 4.39 Å². The predicted molar refractivity (Wildman–Crippen MR) is 80.1 cm³/mol. The first kappa shape index (κ1) is 14.4. The summed E-state index contributed by atoms with van der Waals surface area (Å²) in [7, 11) is 1.86. The van der Waals surface area contributed by atoms with Crippen molar-refractivity contribution in [3.05, 3.63) is 41.3 Å². The standard InChI is InChI=1S/C15H21FN4/c1-4-6-13-14(17)15(20(3)19-13)18-10(2)11-7-5-8-12(16)9-11/h5,7-10,18H,4,6,17H2,1-3H3. The molecule has 1 aromatic carbocycles. The molecule has 0 saturated heterocycles. The van der Waals surface area contributed by atoms with Gasteiger partial charge in [0.2, 0.25) is 0 Å². The van der Waals surface area contributed by atoms with E-state index < -0.39 is 0 Å². The number of nitrogens with two attached hydrogens (primary N) is 1. The van der Waals surface area contributed by atoms with Crippen molar-refractivity contribution in [1.82, 2.24) is 9.78 Å². The van der Waals surface area contributed by atoms with Gasteiger partial charge in [-0.3, -0.25) is 4.68 Å². The normalized spacial score (nSPS) is 12.4. The fourth-order valence-corrected chi connectivity index (χ4v) is 2.25. The SMILES string of the molecule is CCCc1nn(C)c(NC(C)c2cccc(F)c2)c1N. The smallest absolute Gasteiger partial charge is 0.148 e. The highest BCUT2D eigenvalue weighted by Gasteiger charge is 2.15. The van der Waals surface area contributed by atoms with Crippen molar-refractivity contribution in [2.75, 3.05) is 11.1 Å². The molecule has 5 heteroatoms. The van der Waals surface area contributed by atoms with Crippen LogP contribution in [-0.4, -0.2) is 9.78 Å². The molecule has 1 atom stereocenters. The number of aromatic nitrogens is 2. The summed E-state index contributed by atoms with van der Waals surface area (Å²) in [5.74, 6) is 0.547. The van der Waals surface area contributed by atoms with Crippen LogP contribution < -0.4 is 11.1 Å². The first-order valence-corrected chi connectivity index (χ1v) is 6.86. The number of nitrogens with zero attached hydrogens (tertiary/aromatic N) is 2. The molecule has 4 nitrogen and oxygen atoms in total. The van der Waals surface area contributed by atoms with Crippen LogP contribution in [0.4, 0.5) is 15.9 Å². The zero-order valence-electron chi connectivity index (χ0n) is 12.2. The zero-order valence-corrected chi connectivity index (χ0v) is 12.2. The third-order valence-corrected chi connectivity index (χ3v) is 3.35. The Bertz CT molecular complexity index is 592. The summed E-state index contributed by atoms with van der Waals surface area (Å²) >= 11 is 0. The lowest BCUT2D eigenvalue weighted by atomic mass is 10.1. The van der Waals surface area contributed by atoms with E-state index in [0.717, 1.165) is 29.9 Å². The Labute approximate surface area is 118 Å². The predicted octanol–water partition coefficient (Wildman–Crippen LogP) is 3.27. The number of rotatable bonds is 5. The van der Waals surface area contributed by atoms with E-state index in [9.17, 15) is 4.39 Å². The maximum absolute atomic E-state index is 13.3. The third kappa shape index (κ3) is 2.92. The van der Waals surface area contributed by atoms with Gasteiger partial charge in [0.25, 0.3) is 0 Å². The molecular formula is C15H21FN4. The van der Waals surface area contributed by atoms with Gasteiger partial charge in [-0.1, -0.05) is 25.5 Å². The molecule has 2 rings (SSSR count). The van der Waals surface area contributed by atoms with Crippen LogP contribution in [0.1, 0.15) is 37.6 Å². The van der Waals surface area contributed by atoms with Crippen LogP contribution in [0.3, 0.4) is 0 Å². The Kier molecular flexibility index (Phi) is 4.27. The van der Waals surface area contributed by atoms with E-state index in [0.29, 0.717) is 5.69 Å². The molecule has 0 radical (unpaired) electrons. The average molecular weight is 276 g/mol. The molecule has 0 bridgehead atoms. The van der Waals surface area contributed by atoms with Gasteiger partial charge in [-0.05, 0) is 31.0 Å². The second-order valence-corrected chi connectivity index (χ2v) is 5.00. The number of nitrogens with one attached hydrogen (secondary N) is 1. The van der Waals surface area contributed by atoms with Crippen LogP contribution in [-0.2, 0) is 13.5 Å². The molecule has 0 aliphatic carbocycles. The summed E-state index contributed by atoms with van der Waals surface area (Å²) in [5.41, 5.74) is 8.59. The number of nitrogen functional groups attached to an aromatic ring is 1. The highest BCUT2D eigenvalue weighted by molar-refractivity contribution is 5.65. The average Bonchev–Trinajstić information content (AvgIpc) is 2.67. The Morgan fingerprint density at radius 3 is 2.85 bits per heavy atom. The largest absolute Gasteiger partial charge is 0.394 e. The van der Waals surface area contributed by atoms with Crippen molar-refractivity contribution in [1.29, 1.82) is 0 Å². The van der Waals surface area contributed by atoms with Crippen molar-refractivity contribution in [2.45, 2.75) is 32.7 Å². The van der Waals surface area contributed by atoms with Crippen LogP contribution in [0.15, 0.2) is 24.3 Å². The van der Waals surface area contributed by atoms with Crippen LogP contribution in [0.2, 0.25) is 0 Å². The lowest BCUT2D eigenvalue weighted by molar-refractivity contribution is 0.623. The first-order valence-electron chi connectivity index (χ1n) is 6.86. The van der Waals surface area contributed by atoms with Gasteiger partial charge in [0.1, 0.15) is 11.6 Å². The number of aryl methyl sites for hydroxylation is 2. The Morgan fingerprint density at radius 1 is 1.45 bits per heavy atom. The van der Waals surface area contributed by atoms with Gasteiger partial charge in [0.15, 0.2) is 0 Å². The Hall–Kier alpha value is -2.04. The molecule has 0 amide bonds. The molecule has 1 heterocycles. The molecular weight excluding hydrogens is 255 g/mol. The summed E-state index contributed by atoms with van der Waals surface area (Å²) in [6, 6.07) is 6.52. The highest BCUT2D eigenvalue weighted by Crippen LogP contribution is 2.27. The summed E-state index contributed by atoms with van der Waals surface area (Å²) in [5, 5.41) is 7.73. The van der Waals surface area contributed by atoms with E-state index in [1.54, 1.807) is 10.7 Å². The van der Waals surface area contributed by atoms with Crippen LogP contribution in [0, 0.1) is 5.82 Å².